The van der Waals surface area contributed by atoms with Crippen LogP contribution in [0.1, 0.15) is 38.8 Å². The van der Waals surface area contributed by atoms with Gasteiger partial charge in [-0.3, -0.25) is 9.48 Å². The van der Waals surface area contributed by atoms with Gasteiger partial charge in [0, 0.05) is 17.8 Å². The minimum atomic E-state index is -0.329. The van der Waals surface area contributed by atoms with Gasteiger partial charge >= 0.3 is 0 Å². The molecule has 5 heteroatoms. The molecule has 0 saturated carbocycles. The van der Waals surface area contributed by atoms with Crippen LogP contribution in [-0.4, -0.2) is 21.7 Å². The van der Waals surface area contributed by atoms with Crippen molar-refractivity contribution < 1.29 is 4.79 Å². The Morgan fingerprint density at radius 1 is 1.62 bits per heavy atom. The van der Waals surface area contributed by atoms with Gasteiger partial charge in [0.15, 0.2) is 0 Å². The average molecular weight is 224 g/mol. The second-order valence-corrected chi connectivity index (χ2v) is 4.17. The monoisotopic (exact) mass is 224 g/mol. The third-order valence-electron chi connectivity index (χ3n) is 2.73. The Kier molecular flexibility index (Phi) is 3.93. The Morgan fingerprint density at radius 2 is 2.25 bits per heavy atom. The van der Waals surface area contributed by atoms with Gasteiger partial charge in [-0.25, -0.2) is 0 Å². The van der Waals surface area contributed by atoms with E-state index in [-0.39, 0.29) is 18.0 Å². The molecule has 0 bridgehead atoms. The molecule has 1 heterocycles. The maximum atomic E-state index is 11.8. The molecule has 2 atom stereocenters. The Hall–Kier alpha value is -1.52. The zero-order valence-corrected chi connectivity index (χ0v) is 10.3. The van der Waals surface area contributed by atoms with Crippen molar-refractivity contribution in [3.63, 3.8) is 0 Å². The largest absolute Gasteiger partial charge is 0.382 e. The lowest BCUT2D eigenvalue weighted by atomic mass is 10.2. The van der Waals surface area contributed by atoms with Gasteiger partial charge < -0.3 is 11.1 Å². The average Bonchev–Trinajstić information content (AvgIpc) is 2.57. The van der Waals surface area contributed by atoms with Crippen molar-refractivity contribution in [1.29, 1.82) is 0 Å². The van der Waals surface area contributed by atoms with Crippen LogP contribution in [0.4, 0.5) is 5.82 Å². The minimum Gasteiger partial charge on any atom is -0.382 e. The molecule has 1 aromatic rings. The van der Waals surface area contributed by atoms with Gasteiger partial charge in [-0.05, 0) is 27.2 Å². The van der Waals surface area contributed by atoms with Gasteiger partial charge in [-0.15, -0.1) is 0 Å². The number of nitrogens with zero attached hydrogens (tertiary/aromatic N) is 2. The first-order valence-corrected chi connectivity index (χ1v) is 5.57. The van der Waals surface area contributed by atoms with E-state index in [2.05, 4.69) is 10.4 Å². The van der Waals surface area contributed by atoms with Crippen molar-refractivity contribution >= 4 is 11.7 Å². The first-order valence-electron chi connectivity index (χ1n) is 5.57. The van der Waals surface area contributed by atoms with Crippen LogP contribution in [0.25, 0.3) is 0 Å². The van der Waals surface area contributed by atoms with Crippen molar-refractivity contribution in [3.05, 3.63) is 11.8 Å². The number of carbonyl (C=O) groups is 1. The maximum Gasteiger partial charge on any atom is 0.244 e. The molecule has 0 aliphatic rings. The summed E-state index contributed by atoms with van der Waals surface area (Å²) < 4.78 is 1.60. The number of rotatable bonds is 4. The van der Waals surface area contributed by atoms with Crippen LogP contribution in [0.2, 0.25) is 0 Å². The van der Waals surface area contributed by atoms with E-state index in [0.29, 0.717) is 5.82 Å². The number of aromatic nitrogens is 2. The van der Waals surface area contributed by atoms with Gasteiger partial charge in [0.25, 0.3) is 0 Å². The van der Waals surface area contributed by atoms with E-state index in [1.165, 1.54) is 0 Å². The second-order valence-electron chi connectivity index (χ2n) is 4.17. The summed E-state index contributed by atoms with van der Waals surface area (Å²) in [7, 11) is 0. The Labute approximate surface area is 96.0 Å². The normalized spacial score (nSPS) is 14.5. The molecule has 90 valence electrons. The fourth-order valence-corrected chi connectivity index (χ4v) is 1.28. The third kappa shape index (κ3) is 2.74. The van der Waals surface area contributed by atoms with Crippen LogP contribution in [0, 0.1) is 6.92 Å². The minimum absolute atomic E-state index is 0.0307. The highest BCUT2D eigenvalue weighted by Gasteiger charge is 2.17. The van der Waals surface area contributed by atoms with Gasteiger partial charge in [-0.2, -0.15) is 5.10 Å². The van der Waals surface area contributed by atoms with E-state index < -0.39 is 0 Å². The highest BCUT2D eigenvalue weighted by atomic mass is 16.2. The summed E-state index contributed by atoms with van der Waals surface area (Å²) in [6.07, 6.45) is 2.70. The molecule has 0 aromatic carbocycles. The smallest absolute Gasteiger partial charge is 0.244 e. The van der Waals surface area contributed by atoms with Gasteiger partial charge in [0.2, 0.25) is 5.91 Å². The molecule has 0 aliphatic carbocycles. The summed E-state index contributed by atoms with van der Waals surface area (Å²) in [5.41, 5.74) is 6.53. The number of nitrogen functional groups attached to an aromatic ring is 1. The number of aryl methyl sites for hydroxylation is 1. The Bertz CT molecular complexity index is 353. The van der Waals surface area contributed by atoms with Crippen molar-refractivity contribution in [3.8, 4) is 0 Å². The Morgan fingerprint density at radius 3 is 2.69 bits per heavy atom. The van der Waals surface area contributed by atoms with Crippen LogP contribution in [-0.2, 0) is 4.79 Å². The SMILES string of the molecule is CCC(C)NC(=O)C(C)n1cc(C)c(N)n1. The number of hydrogen-bond acceptors (Lipinski definition) is 3. The zero-order chi connectivity index (χ0) is 12.3. The van der Waals surface area contributed by atoms with E-state index >= 15 is 0 Å². The van der Waals surface area contributed by atoms with Crippen molar-refractivity contribution in [2.45, 2.75) is 46.2 Å². The summed E-state index contributed by atoms with van der Waals surface area (Å²) in [5.74, 6) is 0.444. The standard InChI is InChI=1S/C11H20N4O/c1-5-8(3)13-11(16)9(4)15-6-7(2)10(12)14-15/h6,8-9H,5H2,1-4H3,(H2,12,14)(H,13,16). The number of hydrogen-bond donors (Lipinski definition) is 2. The molecule has 0 radical (unpaired) electrons. The van der Waals surface area contributed by atoms with Crippen LogP contribution in [0.15, 0.2) is 6.20 Å². The molecule has 1 rings (SSSR count). The van der Waals surface area contributed by atoms with Crippen LogP contribution >= 0.6 is 0 Å². The van der Waals surface area contributed by atoms with Gasteiger partial charge in [0.05, 0.1) is 0 Å². The number of carbonyl (C=O) groups excluding carboxylic acids is 1. The fraction of sp³-hybridized carbons (Fsp3) is 0.636. The Balaban J connectivity index is 2.70. The van der Waals surface area contributed by atoms with Crippen molar-refractivity contribution in [2.24, 2.45) is 0 Å². The second kappa shape index (κ2) is 5.01. The van der Waals surface area contributed by atoms with E-state index in [0.717, 1.165) is 12.0 Å². The summed E-state index contributed by atoms with van der Waals surface area (Å²) >= 11 is 0. The number of nitrogens with one attached hydrogen (secondary N) is 1. The lowest BCUT2D eigenvalue weighted by Crippen LogP contribution is -2.37. The lowest BCUT2D eigenvalue weighted by molar-refractivity contribution is -0.124. The molecule has 0 spiro atoms. The molecular weight excluding hydrogens is 204 g/mol. The topological polar surface area (TPSA) is 72.9 Å². The van der Waals surface area contributed by atoms with Crippen LogP contribution in [0.5, 0.6) is 0 Å². The molecule has 0 saturated heterocycles. The van der Waals surface area contributed by atoms with E-state index in [1.807, 2.05) is 27.7 Å². The molecule has 16 heavy (non-hydrogen) atoms. The molecule has 1 aromatic heterocycles. The number of anilines is 1. The summed E-state index contributed by atoms with van der Waals surface area (Å²) in [5, 5.41) is 7.01. The van der Waals surface area contributed by atoms with E-state index in [1.54, 1.807) is 10.9 Å². The number of nitrogens with two attached hydrogens (primary N) is 1. The van der Waals surface area contributed by atoms with Gasteiger partial charge in [0.1, 0.15) is 11.9 Å². The molecule has 0 aliphatic heterocycles. The number of amides is 1. The molecule has 2 unspecified atom stereocenters. The van der Waals surface area contributed by atoms with E-state index in [9.17, 15) is 4.79 Å². The third-order valence-corrected chi connectivity index (χ3v) is 2.73. The summed E-state index contributed by atoms with van der Waals surface area (Å²) in [6, 6.07) is -0.144. The first-order chi connectivity index (χ1) is 7.45. The fourth-order valence-electron chi connectivity index (χ4n) is 1.28. The lowest BCUT2D eigenvalue weighted by Gasteiger charge is -2.16. The quantitative estimate of drug-likeness (QED) is 0.808. The first kappa shape index (κ1) is 12.5. The van der Waals surface area contributed by atoms with Crippen molar-refractivity contribution in [2.75, 3.05) is 5.73 Å². The molecule has 3 N–H and O–H groups in total. The predicted octanol–water partition coefficient (Wildman–Crippen LogP) is 1.25. The predicted molar refractivity (Wildman–Crippen MR) is 64.0 cm³/mol. The summed E-state index contributed by atoms with van der Waals surface area (Å²) in [4.78, 5) is 11.8. The maximum absolute atomic E-state index is 11.8. The zero-order valence-electron chi connectivity index (χ0n) is 10.3. The van der Waals surface area contributed by atoms with E-state index in [4.69, 9.17) is 5.73 Å². The highest BCUT2D eigenvalue weighted by molar-refractivity contribution is 5.80. The molecule has 1 amide bonds. The van der Waals surface area contributed by atoms with Crippen LogP contribution in [0.3, 0.4) is 0 Å². The van der Waals surface area contributed by atoms with Gasteiger partial charge in [-0.1, -0.05) is 6.92 Å². The molecule has 5 nitrogen and oxygen atoms in total. The molecular formula is C11H20N4O. The molecule has 0 fully saturated rings. The summed E-state index contributed by atoms with van der Waals surface area (Å²) in [6.45, 7) is 7.70. The highest BCUT2D eigenvalue weighted by Crippen LogP contribution is 2.12. The van der Waals surface area contributed by atoms with Crippen LogP contribution < -0.4 is 11.1 Å². The van der Waals surface area contributed by atoms with Crippen molar-refractivity contribution in [1.82, 2.24) is 15.1 Å².